The summed E-state index contributed by atoms with van der Waals surface area (Å²) in [5, 5.41) is 0. The first-order valence-electron chi connectivity index (χ1n) is 11.6. The van der Waals surface area contributed by atoms with Gasteiger partial charge in [0.05, 0.1) is 0 Å². The minimum atomic E-state index is 0.456. The molecule has 0 amide bonds. The molecule has 0 saturated heterocycles. The van der Waals surface area contributed by atoms with Crippen LogP contribution in [0.2, 0.25) is 0 Å². The van der Waals surface area contributed by atoms with E-state index in [2.05, 4.69) is 120 Å². The molecule has 3 heteroatoms. The van der Waals surface area contributed by atoms with Crippen molar-refractivity contribution >= 4 is 21.2 Å². The Balaban J connectivity index is 2.16. The van der Waals surface area contributed by atoms with E-state index in [4.69, 9.17) is 0 Å². The molecule has 31 heavy (non-hydrogen) atoms. The highest BCUT2D eigenvalue weighted by atomic mass is 28.2. The first kappa shape index (κ1) is 23.4. The van der Waals surface area contributed by atoms with Gasteiger partial charge in [-0.1, -0.05) is 98.4 Å². The summed E-state index contributed by atoms with van der Waals surface area (Å²) in [5.74, 6) is 1.86. The van der Waals surface area contributed by atoms with E-state index in [1.807, 2.05) is 0 Å². The molecule has 0 saturated carbocycles. The quantitative estimate of drug-likeness (QED) is 0.427. The third kappa shape index (κ3) is 4.67. The lowest BCUT2D eigenvalue weighted by Gasteiger charge is -2.39. The molecular weight excluding hydrogens is 392 g/mol. The maximum Gasteiger partial charge on any atom is 0.342 e. The van der Waals surface area contributed by atoms with Crippen molar-refractivity contribution in [3.05, 3.63) is 83.2 Å². The maximum atomic E-state index is 4.44. The number of rotatable bonds is 6. The van der Waals surface area contributed by atoms with Crippen LogP contribution < -0.4 is 9.13 Å². The van der Waals surface area contributed by atoms with E-state index in [0.717, 1.165) is 5.70 Å². The fraction of sp³-hybridized carbons (Fsp3) is 0.429. The predicted molar refractivity (Wildman–Crippen MR) is 138 cm³/mol. The van der Waals surface area contributed by atoms with Crippen molar-refractivity contribution in [3.63, 3.8) is 0 Å². The Hall–Kier alpha value is -2.26. The summed E-state index contributed by atoms with van der Waals surface area (Å²) >= 11 is 0. The van der Waals surface area contributed by atoms with Crippen molar-refractivity contribution < 1.29 is 0 Å². The molecule has 0 unspecified atom stereocenters. The number of hydrogen-bond donors (Lipinski definition) is 0. The van der Waals surface area contributed by atoms with E-state index in [1.165, 1.54) is 33.6 Å². The molecule has 1 aliphatic heterocycles. The Morgan fingerprint density at radius 2 is 1.03 bits per heavy atom. The van der Waals surface area contributed by atoms with Crippen LogP contribution in [0.1, 0.15) is 101 Å². The monoisotopic (exact) mass is 430 g/mol. The SMILES string of the molecule is C=C1C=CN(c2c(C(C)C)cccc2C(C)C)[Si]N1c1c(C(C)C)cccc1C(C)C. The topological polar surface area (TPSA) is 6.48 Å². The van der Waals surface area contributed by atoms with Crippen LogP contribution in [-0.2, 0) is 0 Å². The summed E-state index contributed by atoms with van der Waals surface area (Å²) in [7, 11) is 0.456. The molecule has 1 aliphatic rings. The summed E-state index contributed by atoms with van der Waals surface area (Å²) in [6.45, 7) is 22.8. The van der Waals surface area contributed by atoms with Crippen LogP contribution in [0.15, 0.2) is 61.0 Å². The van der Waals surface area contributed by atoms with Crippen LogP contribution in [-0.4, -0.2) is 9.84 Å². The smallest absolute Gasteiger partial charge is 0.342 e. The summed E-state index contributed by atoms with van der Waals surface area (Å²) in [6.07, 6.45) is 4.41. The van der Waals surface area contributed by atoms with Gasteiger partial charge in [0.25, 0.3) is 0 Å². The first-order valence-corrected chi connectivity index (χ1v) is 12.5. The highest BCUT2D eigenvalue weighted by Gasteiger charge is 2.28. The van der Waals surface area contributed by atoms with E-state index in [-0.39, 0.29) is 0 Å². The second kappa shape index (κ2) is 9.48. The first-order chi connectivity index (χ1) is 14.6. The van der Waals surface area contributed by atoms with Gasteiger partial charge >= 0.3 is 9.84 Å². The minimum absolute atomic E-state index is 0.456. The molecule has 0 aliphatic carbocycles. The van der Waals surface area contributed by atoms with Crippen LogP contribution in [0.5, 0.6) is 0 Å². The molecule has 0 spiro atoms. The van der Waals surface area contributed by atoms with Crippen molar-refractivity contribution in [3.8, 4) is 0 Å². The average molecular weight is 431 g/mol. The van der Waals surface area contributed by atoms with Crippen molar-refractivity contribution in [2.24, 2.45) is 0 Å². The number of para-hydroxylation sites is 2. The van der Waals surface area contributed by atoms with Gasteiger partial charge in [-0.3, -0.25) is 0 Å². The second-order valence-corrected chi connectivity index (χ2v) is 10.9. The average Bonchev–Trinajstić information content (AvgIpc) is 2.72. The summed E-state index contributed by atoms with van der Waals surface area (Å²) in [6, 6.07) is 13.6. The van der Waals surface area contributed by atoms with Gasteiger partial charge in [-0.25, -0.2) is 0 Å². The van der Waals surface area contributed by atoms with E-state index in [0.29, 0.717) is 33.5 Å². The molecule has 0 atom stereocenters. The molecule has 0 fully saturated rings. The van der Waals surface area contributed by atoms with Crippen LogP contribution in [0.3, 0.4) is 0 Å². The highest BCUT2D eigenvalue weighted by molar-refractivity contribution is 6.49. The van der Waals surface area contributed by atoms with Gasteiger partial charge in [0.15, 0.2) is 0 Å². The van der Waals surface area contributed by atoms with Gasteiger partial charge in [-0.2, -0.15) is 0 Å². The number of allylic oxidation sites excluding steroid dienone is 1. The third-order valence-electron chi connectivity index (χ3n) is 6.06. The predicted octanol–water partition coefficient (Wildman–Crippen LogP) is 8.07. The minimum Gasteiger partial charge on any atom is -0.355 e. The Kier molecular flexibility index (Phi) is 7.16. The third-order valence-corrected chi connectivity index (χ3v) is 7.36. The van der Waals surface area contributed by atoms with Crippen LogP contribution in [0, 0.1) is 0 Å². The molecule has 1 heterocycles. The zero-order valence-corrected chi connectivity index (χ0v) is 21.5. The Morgan fingerprint density at radius 1 is 0.645 bits per heavy atom. The van der Waals surface area contributed by atoms with Gasteiger partial charge in [0.1, 0.15) is 0 Å². The zero-order chi connectivity index (χ0) is 22.9. The van der Waals surface area contributed by atoms with Gasteiger partial charge in [0, 0.05) is 17.1 Å². The normalized spacial score (nSPS) is 14.6. The number of nitrogens with zero attached hydrogens (tertiary/aromatic N) is 2. The van der Waals surface area contributed by atoms with E-state index >= 15 is 0 Å². The molecule has 2 radical (unpaired) electrons. The molecule has 0 aromatic heterocycles. The molecular formula is C28H38N2Si. The number of hydrogen-bond acceptors (Lipinski definition) is 2. The van der Waals surface area contributed by atoms with E-state index < -0.39 is 0 Å². The Morgan fingerprint density at radius 3 is 1.42 bits per heavy atom. The van der Waals surface area contributed by atoms with Crippen molar-refractivity contribution in [1.82, 2.24) is 0 Å². The van der Waals surface area contributed by atoms with Gasteiger partial charge in [0.2, 0.25) is 0 Å². The fourth-order valence-corrected chi connectivity index (χ4v) is 5.59. The van der Waals surface area contributed by atoms with Crippen molar-refractivity contribution in [2.45, 2.75) is 79.1 Å². The van der Waals surface area contributed by atoms with Gasteiger partial charge in [-0.05, 0) is 58.2 Å². The molecule has 2 nitrogen and oxygen atoms in total. The Labute approximate surface area is 192 Å². The van der Waals surface area contributed by atoms with Gasteiger partial charge in [-0.15, -0.1) is 0 Å². The molecule has 3 rings (SSSR count). The second-order valence-electron chi connectivity index (χ2n) is 9.80. The largest absolute Gasteiger partial charge is 0.355 e. The molecule has 164 valence electrons. The van der Waals surface area contributed by atoms with E-state index in [1.54, 1.807) is 0 Å². The van der Waals surface area contributed by atoms with Gasteiger partial charge < -0.3 is 9.13 Å². The number of anilines is 2. The Bertz CT molecular complexity index is 916. The molecule has 0 N–H and O–H groups in total. The standard InChI is InChI=1S/C28H38N2Si/c1-18(2)23-12-10-13-24(19(3)4)27(23)29-17-16-22(9)30(31-29)28-25(20(5)6)14-11-15-26(28)21(7)8/h10-21H,9H2,1-8H3. The fourth-order valence-electron chi connectivity index (χ4n) is 4.32. The van der Waals surface area contributed by atoms with Crippen LogP contribution in [0.4, 0.5) is 11.4 Å². The lowest BCUT2D eigenvalue weighted by molar-refractivity contribution is 0.828. The van der Waals surface area contributed by atoms with Crippen LogP contribution >= 0.6 is 0 Å². The summed E-state index contributed by atoms with van der Waals surface area (Å²) in [5.41, 5.74) is 9.41. The van der Waals surface area contributed by atoms with E-state index in [9.17, 15) is 0 Å². The summed E-state index contributed by atoms with van der Waals surface area (Å²) < 4.78 is 4.91. The molecule has 2 aromatic rings. The summed E-state index contributed by atoms with van der Waals surface area (Å²) in [4.78, 5) is 0. The van der Waals surface area contributed by atoms with Crippen molar-refractivity contribution in [2.75, 3.05) is 9.13 Å². The van der Waals surface area contributed by atoms with Crippen molar-refractivity contribution in [1.29, 1.82) is 0 Å². The lowest BCUT2D eigenvalue weighted by atomic mass is 9.92. The molecule has 2 aromatic carbocycles. The maximum absolute atomic E-state index is 4.44. The highest BCUT2D eigenvalue weighted by Crippen LogP contribution is 2.40. The number of benzene rings is 2. The lowest BCUT2D eigenvalue weighted by Crippen LogP contribution is -2.43. The van der Waals surface area contributed by atoms with Crippen LogP contribution in [0.25, 0.3) is 0 Å². The molecule has 0 bridgehead atoms. The zero-order valence-electron chi connectivity index (χ0n) is 20.5.